The van der Waals surface area contributed by atoms with Gasteiger partial charge in [0.15, 0.2) is 0 Å². The lowest BCUT2D eigenvalue weighted by molar-refractivity contribution is 0.472. The molecule has 0 radical (unpaired) electrons. The summed E-state index contributed by atoms with van der Waals surface area (Å²) in [5, 5.41) is 15.2. The third-order valence-corrected chi connectivity index (χ3v) is 4.35. The van der Waals surface area contributed by atoms with Gasteiger partial charge in [-0.15, -0.1) is 12.4 Å². The van der Waals surface area contributed by atoms with Crippen LogP contribution in [-0.4, -0.2) is 16.6 Å². The van der Waals surface area contributed by atoms with Gasteiger partial charge < -0.3 is 15.4 Å². The highest BCUT2D eigenvalue weighted by Crippen LogP contribution is 2.35. The van der Waals surface area contributed by atoms with E-state index in [0.29, 0.717) is 5.75 Å². The Morgan fingerprint density at radius 3 is 2.82 bits per heavy atom. The predicted octanol–water partition coefficient (Wildman–Crippen LogP) is 4.18. The number of aromatic nitrogens is 1. The number of aromatic amines is 1. The highest BCUT2D eigenvalue weighted by molar-refractivity contribution is 6.31. The van der Waals surface area contributed by atoms with Crippen LogP contribution in [0.25, 0.3) is 10.9 Å². The summed E-state index contributed by atoms with van der Waals surface area (Å²) in [5.74, 6) is 0.292. The first-order valence-electron chi connectivity index (χ1n) is 7.05. The Hall–Kier alpha value is -1.68. The minimum absolute atomic E-state index is 0. The number of hydrogen-bond acceptors (Lipinski definition) is 2. The summed E-state index contributed by atoms with van der Waals surface area (Å²) >= 11 is 6.13. The quantitative estimate of drug-likeness (QED) is 0.625. The molecule has 3 aromatic rings. The van der Waals surface area contributed by atoms with Crippen LogP contribution in [0.3, 0.4) is 0 Å². The second-order valence-electron chi connectivity index (χ2n) is 5.44. The lowest BCUT2D eigenvalue weighted by Crippen LogP contribution is -2.30. The second kappa shape index (κ2) is 5.84. The summed E-state index contributed by atoms with van der Waals surface area (Å²) in [6, 6.07) is 13.4. The Kier molecular flexibility index (Phi) is 4.04. The Bertz CT molecular complexity index is 829. The molecule has 3 N–H and O–H groups in total. The molecule has 114 valence electrons. The van der Waals surface area contributed by atoms with E-state index in [2.05, 4.69) is 10.3 Å². The molecule has 0 spiro atoms. The van der Waals surface area contributed by atoms with E-state index in [9.17, 15) is 5.11 Å². The Balaban J connectivity index is 0.00000144. The smallest absolute Gasteiger partial charge is 0.115 e. The summed E-state index contributed by atoms with van der Waals surface area (Å²) in [5.41, 5.74) is 4.66. The van der Waals surface area contributed by atoms with E-state index in [0.717, 1.165) is 29.1 Å². The van der Waals surface area contributed by atoms with Crippen molar-refractivity contribution in [1.29, 1.82) is 0 Å². The van der Waals surface area contributed by atoms with Crippen molar-refractivity contribution in [3.63, 3.8) is 0 Å². The highest BCUT2D eigenvalue weighted by atomic mass is 35.5. The van der Waals surface area contributed by atoms with Crippen LogP contribution in [0.5, 0.6) is 5.75 Å². The summed E-state index contributed by atoms with van der Waals surface area (Å²) in [6.07, 6.45) is 0.977. The van der Waals surface area contributed by atoms with Gasteiger partial charge in [-0.25, -0.2) is 0 Å². The molecule has 1 aliphatic heterocycles. The number of halogens is 2. The van der Waals surface area contributed by atoms with Crippen molar-refractivity contribution in [2.45, 2.75) is 12.5 Å². The van der Waals surface area contributed by atoms with Crippen molar-refractivity contribution in [1.82, 2.24) is 10.3 Å². The normalized spacial score (nSPS) is 17.0. The number of aromatic hydroxyl groups is 1. The third-order valence-electron chi connectivity index (χ3n) is 4.12. The number of rotatable bonds is 1. The maximum absolute atomic E-state index is 9.71. The first kappa shape index (κ1) is 15.2. The zero-order valence-corrected chi connectivity index (χ0v) is 13.3. The average Bonchev–Trinajstić information content (AvgIpc) is 2.85. The van der Waals surface area contributed by atoms with Crippen LogP contribution in [0.2, 0.25) is 5.02 Å². The predicted molar refractivity (Wildman–Crippen MR) is 92.2 cm³/mol. The van der Waals surface area contributed by atoms with Crippen LogP contribution in [0.1, 0.15) is 22.9 Å². The van der Waals surface area contributed by atoms with Crippen molar-refractivity contribution < 1.29 is 5.11 Å². The topological polar surface area (TPSA) is 48.0 Å². The van der Waals surface area contributed by atoms with Gasteiger partial charge in [-0.2, -0.15) is 0 Å². The molecular formula is C17H16Cl2N2O. The monoisotopic (exact) mass is 334 g/mol. The molecule has 0 saturated carbocycles. The van der Waals surface area contributed by atoms with Gasteiger partial charge in [-0.3, -0.25) is 0 Å². The van der Waals surface area contributed by atoms with Crippen LogP contribution in [0.15, 0.2) is 42.5 Å². The zero-order chi connectivity index (χ0) is 14.4. The van der Waals surface area contributed by atoms with Gasteiger partial charge in [0, 0.05) is 28.2 Å². The Morgan fingerprint density at radius 2 is 2.00 bits per heavy atom. The molecule has 2 aromatic carbocycles. The number of H-pyrrole nitrogens is 1. The van der Waals surface area contributed by atoms with E-state index < -0.39 is 0 Å². The van der Waals surface area contributed by atoms with Crippen molar-refractivity contribution >= 4 is 34.9 Å². The molecule has 2 heterocycles. The van der Waals surface area contributed by atoms with E-state index in [4.69, 9.17) is 11.6 Å². The standard InChI is InChI=1S/C17H15ClN2O.ClH/c18-11-4-5-15-14(9-11)13-6-7-19-16(17(13)20-15)10-2-1-3-12(21)8-10;/h1-5,8-9,16,19-21H,6-7H2;1H. The molecule has 0 amide bonds. The molecule has 5 heteroatoms. The van der Waals surface area contributed by atoms with E-state index in [-0.39, 0.29) is 18.4 Å². The van der Waals surface area contributed by atoms with E-state index in [1.165, 1.54) is 16.6 Å². The van der Waals surface area contributed by atoms with Crippen molar-refractivity contribution in [2.24, 2.45) is 0 Å². The summed E-state index contributed by atoms with van der Waals surface area (Å²) in [7, 11) is 0. The van der Waals surface area contributed by atoms with Crippen molar-refractivity contribution in [2.75, 3.05) is 6.54 Å². The number of benzene rings is 2. The largest absolute Gasteiger partial charge is 0.508 e. The summed E-state index contributed by atoms with van der Waals surface area (Å²) in [4.78, 5) is 3.51. The number of nitrogens with one attached hydrogen (secondary N) is 2. The molecule has 0 bridgehead atoms. The van der Waals surface area contributed by atoms with Crippen molar-refractivity contribution in [3.8, 4) is 5.75 Å². The first-order valence-corrected chi connectivity index (χ1v) is 7.42. The Morgan fingerprint density at radius 1 is 1.14 bits per heavy atom. The number of phenols is 1. The van der Waals surface area contributed by atoms with Crippen LogP contribution >= 0.6 is 24.0 Å². The maximum atomic E-state index is 9.71. The molecule has 0 aliphatic carbocycles. The number of phenolic OH excluding ortho intramolecular Hbond substituents is 1. The lowest BCUT2D eigenvalue weighted by Gasteiger charge is -2.25. The fourth-order valence-electron chi connectivity index (χ4n) is 3.19. The minimum atomic E-state index is 0. The molecule has 1 atom stereocenters. The summed E-state index contributed by atoms with van der Waals surface area (Å²) in [6.45, 7) is 0.910. The molecule has 1 aliphatic rings. The van der Waals surface area contributed by atoms with Gasteiger partial charge in [-0.05, 0) is 47.9 Å². The summed E-state index contributed by atoms with van der Waals surface area (Å²) < 4.78 is 0. The van der Waals surface area contributed by atoms with Gasteiger partial charge in [0.1, 0.15) is 5.75 Å². The molecule has 22 heavy (non-hydrogen) atoms. The van der Waals surface area contributed by atoms with E-state index >= 15 is 0 Å². The van der Waals surface area contributed by atoms with E-state index in [1.807, 2.05) is 36.4 Å². The van der Waals surface area contributed by atoms with Crippen molar-refractivity contribution in [3.05, 3.63) is 64.3 Å². The van der Waals surface area contributed by atoms with Gasteiger partial charge in [0.2, 0.25) is 0 Å². The van der Waals surface area contributed by atoms with Gasteiger partial charge >= 0.3 is 0 Å². The molecule has 4 rings (SSSR count). The highest BCUT2D eigenvalue weighted by Gasteiger charge is 2.25. The third kappa shape index (κ3) is 2.45. The fraction of sp³-hybridized carbons (Fsp3) is 0.176. The van der Waals surface area contributed by atoms with Gasteiger partial charge in [-0.1, -0.05) is 23.7 Å². The van der Waals surface area contributed by atoms with E-state index in [1.54, 1.807) is 6.07 Å². The zero-order valence-electron chi connectivity index (χ0n) is 11.8. The SMILES string of the molecule is Cl.Oc1cccc(C2NCCc3c2[nH]c2ccc(Cl)cc32)c1. The van der Waals surface area contributed by atoms with Crippen LogP contribution in [-0.2, 0) is 6.42 Å². The average molecular weight is 335 g/mol. The van der Waals surface area contributed by atoms with Gasteiger partial charge in [0.05, 0.1) is 6.04 Å². The molecular weight excluding hydrogens is 319 g/mol. The number of fused-ring (bicyclic) bond motifs is 3. The number of hydrogen-bond donors (Lipinski definition) is 3. The molecule has 1 unspecified atom stereocenters. The second-order valence-corrected chi connectivity index (χ2v) is 5.88. The first-order chi connectivity index (χ1) is 10.2. The molecule has 0 fully saturated rings. The van der Waals surface area contributed by atoms with Crippen LogP contribution in [0, 0.1) is 0 Å². The molecule has 1 aromatic heterocycles. The van der Waals surface area contributed by atoms with Crippen LogP contribution < -0.4 is 5.32 Å². The van der Waals surface area contributed by atoms with Gasteiger partial charge in [0.25, 0.3) is 0 Å². The minimum Gasteiger partial charge on any atom is -0.508 e. The Labute approximate surface area is 139 Å². The maximum Gasteiger partial charge on any atom is 0.115 e. The fourth-order valence-corrected chi connectivity index (χ4v) is 3.36. The van der Waals surface area contributed by atoms with Crippen LogP contribution in [0.4, 0.5) is 0 Å². The molecule has 0 saturated heterocycles. The molecule has 3 nitrogen and oxygen atoms in total. The lowest BCUT2D eigenvalue weighted by atomic mass is 9.94.